The van der Waals surface area contributed by atoms with E-state index in [2.05, 4.69) is 27.3 Å². The topological polar surface area (TPSA) is 18.5 Å². The van der Waals surface area contributed by atoms with Crippen molar-refractivity contribution in [3.63, 3.8) is 0 Å². The molecule has 0 bridgehead atoms. The first-order chi connectivity index (χ1) is 5.37. The van der Waals surface area contributed by atoms with Gasteiger partial charge in [-0.3, -0.25) is 0 Å². The van der Waals surface area contributed by atoms with Crippen LogP contribution >= 0.6 is 0 Å². The van der Waals surface area contributed by atoms with E-state index < -0.39 is 8.07 Å². The summed E-state index contributed by atoms with van der Waals surface area (Å²) in [4.78, 5) is 0. The molecule has 0 heterocycles. The molecule has 0 unspecified atom stereocenters. The average molecular weight is 190 g/mol. The Morgan fingerprint density at radius 2 is 1.33 bits per heavy atom. The third kappa shape index (κ3) is 2.88. The summed E-state index contributed by atoms with van der Waals surface area (Å²) < 4.78 is 10.5. The van der Waals surface area contributed by atoms with Crippen LogP contribution in [0.4, 0.5) is 0 Å². The maximum atomic E-state index is 5.27. The lowest BCUT2D eigenvalue weighted by molar-refractivity contribution is 0.211. The van der Waals surface area contributed by atoms with Gasteiger partial charge in [-0.05, 0) is 5.04 Å². The van der Waals surface area contributed by atoms with E-state index in [0.29, 0.717) is 5.04 Å². The Bertz CT molecular complexity index is 123. The van der Waals surface area contributed by atoms with E-state index in [0.717, 1.165) is 12.5 Å². The van der Waals surface area contributed by atoms with Crippen LogP contribution in [0.25, 0.3) is 0 Å². The summed E-state index contributed by atoms with van der Waals surface area (Å²) in [6, 6.07) is 0. The van der Waals surface area contributed by atoms with Gasteiger partial charge < -0.3 is 9.47 Å². The molecular formula is C9H22O2Si. The maximum Gasteiger partial charge on any atom is 0.115 e. The minimum absolute atomic E-state index is 0.346. The van der Waals surface area contributed by atoms with Crippen molar-refractivity contribution in [2.24, 2.45) is 0 Å². The number of rotatable bonds is 4. The Labute approximate surface area is 77.3 Å². The molecule has 0 rings (SSSR count). The molecule has 0 amide bonds. The van der Waals surface area contributed by atoms with E-state index in [4.69, 9.17) is 9.47 Å². The molecule has 0 aliphatic rings. The van der Waals surface area contributed by atoms with Gasteiger partial charge in [0.1, 0.15) is 8.07 Å². The summed E-state index contributed by atoms with van der Waals surface area (Å²) in [7, 11) is 2.15. The van der Waals surface area contributed by atoms with Crippen molar-refractivity contribution in [3.05, 3.63) is 0 Å². The van der Waals surface area contributed by atoms with E-state index in [1.165, 1.54) is 0 Å². The quantitative estimate of drug-likeness (QED) is 0.633. The second-order valence-corrected chi connectivity index (χ2v) is 9.88. The Kier molecular flexibility index (Phi) is 4.44. The zero-order valence-electron chi connectivity index (χ0n) is 9.23. The summed E-state index contributed by atoms with van der Waals surface area (Å²) in [5, 5.41) is 0.346. The molecule has 12 heavy (non-hydrogen) atoms. The fourth-order valence-electron chi connectivity index (χ4n) is 1.11. The summed E-state index contributed by atoms with van der Waals surface area (Å²) in [5.41, 5.74) is 0. The van der Waals surface area contributed by atoms with Crippen molar-refractivity contribution in [1.29, 1.82) is 0 Å². The van der Waals surface area contributed by atoms with Crippen molar-refractivity contribution >= 4 is 8.07 Å². The lowest BCUT2D eigenvalue weighted by atomic mass is 10.2. The molecule has 0 N–H and O–H groups in total. The highest BCUT2D eigenvalue weighted by atomic mass is 28.3. The molecule has 2 nitrogen and oxygen atoms in total. The predicted octanol–water partition coefficient (Wildman–Crippen LogP) is 2.24. The fraction of sp³-hybridized carbons (Fsp3) is 1.00. The molecule has 0 saturated carbocycles. The zero-order valence-corrected chi connectivity index (χ0v) is 10.2. The molecule has 3 heteroatoms. The van der Waals surface area contributed by atoms with Crippen molar-refractivity contribution < 1.29 is 9.47 Å². The largest absolute Gasteiger partial charge is 0.388 e. The van der Waals surface area contributed by atoms with Gasteiger partial charge in [0.25, 0.3) is 0 Å². The first-order valence-electron chi connectivity index (χ1n) is 4.35. The zero-order chi connectivity index (χ0) is 9.83. The molecule has 0 aromatic heterocycles. The Balaban J connectivity index is 4.38. The van der Waals surface area contributed by atoms with E-state index in [1.807, 2.05) is 0 Å². The minimum atomic E-state index is -1.40. The molecule has 0 radical (unpaired) electrons. The van der Waals surface area contributed by atoms with Gasteiger partial charge >= 0.3 is 0 Å². The highest BCUT2D eigenvalue weighted by molar-refractivity contribution is 6.81. The first kappa shape index (κ1) is 12.1. The molecule has 0 aromatic rings. The van der Waals surface area contributed by atoms with Crippen LogP contribution in [-0.4, -0.2) is 34.8 Å². The van der Waals surface area contributed by atoms with Crippen LogP contribution in [0.3, 0.4) is 0 Å². The first-order valence-corrected chi connectivity index (χ1v) is 7.27. The van der Waals surface area contributed by atoms with Crippen molar-refractivity contribution in [3.8, 4) is 0 Å². The number of hydrogen-bond donors (Lipinski definition) is 0. The van der Waals surface area contributed by atoms with Crippen LogP contribution in [0, 0.1) is 0 Å². The van der Waals surface area contributed by atoms with Crippen LogP contribution in [0.1, 0.15) is 20.8 Å². The normalized spacial score (nSPS) is 13.5. The Morgan fingerprint density at radius 1 is 1.00 bits per heavy atom. The SMILES string of the molecule is COC[Si](C)(COC)C(C)(C)C. The van der Waals surface area contributed by atoms with Gasteiger partial charge in [-0.15, -0.1) is 0 Å². The molecule has 0 fully saturated rings. The Morgan fingerprint density at radius 3 is 1.50 bits per heavy atom. The molecule has 0 aliphatic heterocycles. The summed E-state index contributed by atoms with van der Waals surface area (Å²) in [6.07, 6.45) is 1.76. The molecular weight excluding hydrogens is 168 g/mol. The van der Waals surface area contributed by atoms with Gasteiger partial charge in [0, 0.05) is 26.7 Å². The van der Waals surface area contributed by atoms with Gasteiger partial charge in [-0.25, -0.2) is 0 Å². The standard InChI is InChI=1S/C9H22O2Si/c1-9(2,3)12(6,7-10-4)8-11-5/h7-8H2,1-6H3. The smallest absolute Gasteiger partial charge is 0.115 e. The van der Waals surface area contributed by atoms with Crippen LogP contribution in [0.15, 0.2) is 0 Å². The third-order valence-electron chi connectivity index (χ3n) is 2.74. The van der Waals surface area contributed by atoms with Crippen LogP contribution in [0.5, 0.6) is 0 Å². The van der Waals surface area contributed by atoms with E-state index in [1.54, 1.807) is 14.2 Å². The number of methoxy groups -OCH3 is 2. The second kappa shape index (κ2) is 4.39. The van der Waals surface area contributed by atoms with Gasteiger partial charge in [0.2, 0.25) is 0 Å². The molecule has 0 spiro atoms. The predicted molar refractivity (Wildman–Crippen MR) is 55.1 cm³/mol. The van der Waals surface area contributed by atoms with Gasteiger partial charge in [-0.2, -0.15) is 0 Å². The summed E-state index contributed by atoms with van der Waals surface area (Å²) in [5.74, 6) is 0. The summed E-state index contributed by atoms with van der Waals surface area (Å²) in [6.45, 7) is 9.16. The minimum Gasteiger partial charge on any atom is -0.388 e. The summed E-state index contributed by atoms with van der Waals surface area (Å²) >= 11 is 0. The van der Waals surface area contributed by atoms with Crippen LogP contribution in [0.2, 0.25) is 11.6 Å². The van der Waals surface area contributed by atoms with E-state index in [9.17, 15) is 0 Å². The molecule has 0 aromatic carbocycles. The highest BCUT2D eigenvalue weighted by Gasteiger charge is 2.40. The highest BCUT2D eigenvalue weighted by Crippen LogP contribution is 2.35. The lowest BCUT2D eigenvalue weighted by Crippen LogP contribution is -2.50. The molecule has 0 saturated heterocycles. The van der Waals surface area contributed by atoms with Crippen molar-refractivity contribution in [2.75, 3.05) is 26.7 Å². The van der Waals surface area contributed by atoms with Crippen LogP contribution in [-0.2, 0) is 9.47 Å². The molecule has 74 valence electrons. The van der Waals surface area contributed by atoms with Crippen LogP contribution < -0.4 is 0 Å². The van der Waals surface area contributed by atoms with Gasteiger partial charge in [0.15, 0.2) is 0 Å². The van der Waals surface area contributed by atoms with E-state index in [-0.39, 0.29) is 0 Å². The molecule has 0 atom stereocenters. The number of ether oxygens (including phenoxy) is 2. The average Bonchev–Trinajstić information content (AvgIpc) is 1.86. The Hall–Kier alpha value is 0.137. The van der Waals surface area contributed by atoms with Crippen molar-refractivity contribution in [2.45, 2.75) is 32.4 Å². The maximum absolute atomic E-state index is 5.27. The lowest BCUT2D eigenvalue weighted by Gasteiger charge is -2.38. The number of hydrogen-bond acceptors (Lipinski definition) is 2. The third-order valence-corrected chi connectivity index (χ3v) is 8.21. The van der Waals surface area contributed by atoms with Gasteiger partial charge in [-0.1, -0.05) is 27.3 Å². The molecule has 0 aliphatic carbocycles. The second-order valence-electron chi connectivity index (χ2n) is 4.68. The van der Waals surface area contributed by atoms with E-state index >= 15 is 0 Å². The van der Waals surface area contributed by atoms with Crippen molar-refractivity contribution in [1.82, 2.24) is 0 Å². The van der Waals surface area contributed by atoms with Gasteiger partial charge in [0.05, 0.1) is 0 Å². The fourth-order valence-corrected chi connectivity index (χ4v) is 3.34. The monoisotopic (exact) mass is 190 g/mol.